The molecule has 90 valence electrons. The minimum Gasteiger partial charge on any atom is -0.352 e. The Bertz CT molecular complexity index is 599. The maximum atomic E-state index is 11.9. The van der Waals surface area contributed by atoms with Gasteiger partial charge in [-0.15, -0.1) is 0 Å². The van der Waals surface area contributed by atoms with Crippen LogP contribution in [0.1, 0.15) is 23.2 Å². The number of nitrogens with one attached hydrogen (secondary N) is 1. The molecule has 0 aliphatic carbocycles. The van der Waals surface area contributed by atoms with Crippen LogP contribution in [0.2, 0.25) is 0 Å². The topological polar surface area (TPSA) is 52.9 Å². The SMILES string of the molecule is N#CCCCNC(=O)c1ccc2ccccc2c1. The molecule has 0 heterocycles. The summed E-state index contributed by atoms with van der Waals surface area (Å²) >= 11 is 0. The van der Waals surface area contributed by atoms with Crippen molar-refractivity contribution in [2.24, 2.45) is 0 Å². The Morgan fingerprint density at radius 1 is 1.17 bits per heavy atom. The molecule has 1 N–H and O–H groups in total. The summed E-state index contributed by atoms with van der Waals surface area (Å²) in [6.45, 7) is 0.541. The van der Waals surface area contributed by atoms with Crippen molar-refractivity contribution in [2.45, 2.75) is 12.8 Å². The van der Waals surface area contributed by atoms with E-state index >= 15 is 0 Å². The molecule has 2 rings (SSSR count). The summed E-state index contributed by atoms with van der Waals surface area (Å²) in [5.41, 5.74) is 0.658. The molecule has 0 aliphatic rings. The van der Waals surface area contributed by atoms with Crippen molar-refractivity contribution in [1.29, 1.82) is 5.26 Å². The van der Waals surface area contributed by atoms with Gasteiger partial charge in [0.05, 0.1) is 6.07 Å². The van der Waals surface area contributed by atoms with Crippen molar-refractivity contribution in [3.05, 3.63) is 48.0 Å². The summed E-state index contributed by atoms with van der Waals surface area (Å²) in [5, 5.41) is 13.4. The molecule has 0 aromatic heterocycles. The van der Waals surface area contributed by atoms with Gasteiger partial charge in [-0.1, -0.05) is 30.3 Å². The van der Waals surface area contributed by atoms with Crippen LogP contribution in [0.4, 0.5) is 0 Å². The number of unbranched alkanes of at least 4 members (excludes halogenated alkanes) is 1. The molecular weight excluding hydrogens is 224 g/mol. The van der Waals surface area contributed by atoms with Crippen LogP contribution in [0.5, 0.6) is 0 Å². The molecule has 0 unspecified atom stereocenters. The zero-order valence-electron chi connectivity index (χ0n) is 10.0. The lowest BCUT2D eigenvalue weighted by Gasteiger charge is -2.05. The third kappa shape index (κ3) is 2.86. The molecule has 1 amide bonds. The predicted molar refractivity (Wildman–Crippen MR) is 71.1 cm³/mol. The van der Waals surface area contributed by atoms with E-state index in [9.17, 15) is 4.79 Å². The molecule has 0 radical (unpaired) electrons. The van der Waals surface area contributed by atoms with Crippen molar-refractivity contribution in [3.63, 3.8) is 0 Å². The second-order valence-electron chi connectivity index (χ2n) is 4.08. The highest BCUT2D eigenvalue weighted by Crippen LogP contribution is 2.15. The van der Waals surface area contributed by atoms with Crippen LogP contribution in [0, 0.1) is 11.3 Å². The van der Waals surface area contributed by atoms with Gasteiger partial charge < -0.3 is 5.32 Å². The number of nitriles is 1. The van der Waals surface area contributed by atoms with Crippen LogP contribution in [-0.4, -0.2) is 12.5 Å². The molecule has 0 saturated carbocycles. The molecule has 0 fully saturated rings. The Balaban J connectivity index is 2.06. The van der Waals surface area contributed by atoms with Gasteiger partial charge in [-0.05, 0) is 29.3 Å². The van der Waals surface area contributed by atoms with Gasteiger partial charge in [0.1, 0.15) is 0 Å². The molecule has 0 saturated heterocycles. The number of carbonyl (C=O) groups excluding carboxylic acids is 1. The zero-order chi connectivity index (χ0) is 12.8. The number of amides is 1. The van der Waals surface area contributed by atoms with Crippen LogP contribution in [0.25, 0.3) is 10.8 Å². The Labute approximate surface area is 106 Å². The first-order valence-corrected chi connectivity index (χ1v) is 5.95. The lowest BCUT2D eigenvalue weighted by Crippen LogP contribution is -2.24. The molecule has 0 atom stereocenters. The number of benzene rings is 2. The van der Waals surface area contributed by atoms with Crippen LogP contribution in [-0.2, 0) is 0 Å². The van der Waals surface area contributed by atoms with Crippen molar-refractivity contribution in [2.75, 3.05) is 6.54 Å². The van der Waals surface area contributed by atoms with Gasteiger partial charge in [-0.2, -0.15) is 5.26 Å². The smallest absolute Gasteiger partial charge is 0.251 e. The number of rotatable bonds is 4. The monoisotopic (exact) mass is 238 g/mol. The van der Waals surface area contributed by atoms with Gasteiger partial charge in [0.15, 0.2) is 0 Å². The Kier molecular flexibility index (Phi) is 3.93. The molecule has 0 bridgehead atoms. The zero-order valence-corrected chi connectivity index (χ0v) is 10.0. The number of fused-ring (bicyclic) bond motifs is 1. The summed E-state index contributed by atoms with van der Waals surface area (Å²) in [5.74, 6) is -0.0845. The summed E-state index contributed by atoms with van der Waals surface area (Å²) in [6, 6.07) is 15.6. The molecule has 3 nitrogen and oxygen atoms in total. The van der Waals surface area contributed by atoms with E-state index < -0.39 is 0 Å². The Morgan fingerprint density at radius 2 is 1.94 bits per heavy atom. The molecule has 2 aromatic rings. The highest BCUT2D eigenvalue weighted by Gasteiger charge is 2.05. The van der Waals surface area contributed by atoms with Crippen LogP contribution >= 0.6 is 0 Å². The van der Waals surface area contributed by atoms with Gasteiger partial charge in [0.25, 0.3) is 5.91 Å². The van der Waals surface area contributed by atoms with E-state index in [1.54, 1.807) is 0 Å². The van der Waals surface area contributed by atoms with Crippen molar-refractivity contribution in [3.8, 4) is 6.07 Å². The minimum atomic E-state index is -0.0845. The quantitative estimate of drug-likeness (QED) is 0.833. The number of nitrogens with zero attached hydrogens (tertiary/aromatic N) is 1. The number of hydrogen-bond acceptors (Lipinski definition) is 2. The fourth-order valence-corrected chi connectivity index (χ4v) is 1.80. The maximum Gasteiger partial charge on any atom is 0.251 e. The second-order valence-corrected chi connectivity index (χ2v) is 4.08. The molecule has 0 spiro atoms. The van der Waals surface area contributed by atoms with Gasteiger partial charge in [-0.25, -0.2) is 0 Å². The highest BCUT2D eigenvalue weighted by molar-refractivity contribution is 5.98. The fraction of sp³-hybridized carbons (Fsp3) is 0.200. The van der Waals surface area contributed by atoms with E-state index in [4.69, 9.17) is 5.26 Å². The third-order valence-electron chi connectivity index (χ3n) is 2.76. The first kappa shape index (κ1) is 12.1. The third-order valence-corrected chi connectivity index (χ3v) is 2.76. The molecule has 0 aliphatic heterocycles. The summed E-state index contributed by atoms with van der Waals surface area (Å²) < 4.78 is 0. The Morgan fingerprint density at radius 3 is 2.72 bits per heavy atom. The number of hydrogen-bond donors (Lipinski definition) is 1. The van der Waals surface area contributed by atoms with Crippen molar-refractivity contribution >= 4 is 16.7 Å². The average molecular weight is 238 g/mol. The predicted octanol–water partition coefficient (Wildman–Crippen LogP) is 2.87. The summed E-state index contributed by atoms with van der Waals surface area (Å²) in [7, 11) is 0. The maximum absolute atomic E-state index is 11.9. The lowest BCUT2D eigenvalue weighted by atomic mass is 10.1. The van der Waals surface area contributed by atoms with E-state index in [0.29, 0.717) is 24.9 Å². The summed E-state index contributed by atoms with van der Waals surface area (Å²) in [4.78, 5) is 11.9. The van der Waals surface area contributed by atoms with Crippen LogP contribution in [0.3, 0.4) is 0 Å². The Hall–Kier alpha value is -2.34. The molecule has 2 aromatic carbocycles. The van der Waals surface area contributed by atoms with Crippen molar-refractivity contribution < 1.29 is 4.79 Å². The van der Waals surface area contributed by atoms with E-state index in [-0.39, 0.29) is 5.91 Å². The van der Waals surface area contributed by atoms with Crippen molar-refractivity contribution in [1.82, 2.24) is 5.32 Å². The fourth-order valence-electron chi connectivity index (χ4n) is 1.80. The number of carbonyl (C=O) groups is 1. The molecule has 3 heteroatoms. The van der Waals surface area contributed by atoms with Crippen LogP contribution in [0.15, 0.2) is 42.5 Å². The van der Waals surface area contributed by atoms with Gasteiger partial charge >= 0.3 is 0 Å². The van der Waals surface area contributed by atoms with Gasteiger partial charge in [0.2, 0.25) is 0 Å². The van der Waals surface area contributed by atoms with E-state index in [2.05, 4.69) is 11.4 Å². The second kappa shape index (κ2) is 5.83. The van der Waals surface area contributed by atoms with E-state index in [1.165, 1.54) is 0 Å². The van der Waals surface area contributed by atoms with E-state index in [0.717, 1.165) is 10.8 Å². The summed E-state index contributed by atoms with van der Waals surface area (Å²) in [6.07, 6.45) is 1.16. The van der Waals surface area contributed by atoms with Gasteiger partial charge in [0, 0.05) is 18.5 Å². The van der Waals surface area contributed by atoms with Gasteiger partial charge in [-0.3, -0.25) is 4.79 Å². The minimum absolute atomic E-state index is 0.0845. The lowest BCUT2D eigenvalue weighted by molar-refractivity contribution is 0.0953. The largest absolute Gasteiger partial charge is 0.352 e. The normalized spacial score (nSPS) is 9.94. The highest BCUT2D eigenvalue weighted by atomic mass is 16.1. The van der Waals surface area contributed by atoms with E-state index in [1.807, 2.05) is 42.5 Å². The molecular formula is C15H14N2O. The first-order valence-electron chi connectivity index (χ1n) is 5.95. The average Bonchev–Trinajstić information content (AvgIpc) is 2.43. The standard InChI is InChI=1S/C15H14N2O/c16-9-3-4-10-17-15(18)14-8-7-12-5-1-2-6-13(12)11-14/h1-2,5-8,11H,3-4,10H2,(H,17,18). The first-order chi connectivity index (χ1) is 8.81. The van der Waals surface area contributed by atoms with Crippen LogP contribution < -0.4 is 5.32 Å². The molecule has 18 heavy (non-hydrogen) atoms.